The zero-order chi connectivity index (χ0) is 41.2. The van der Waals surface area contributed by atoms with Crippen molar-refractivity contribution in [3.63, 3.8) is 0 Å². The number of hydrogen-bond acceptors (Lipinski definition) is 6. The van der Waals surface area contributed by atoms with E-state index < -0.39 is 11.8 Å². The Morgan fingerprint density at radius 3 is 1.28 bits per heavy atom. The number of ketones is 2. The van der Waals surface area contributed by atoms with E-state index in [1.165, 1.54) is 19.3 Å². The maximum Gasteiger partial charge on any atom is 0.355 e. The highest BCUT2D eigenvalue weighted by Gasteiger charge is 2.33. The molecule has 9 heteroatoms. The molecule has 3 aromatic carbocycles. The maximum atomic E-state index is 13.5. The van der Waals surface area contributed by atoms with Crippen molar-refractivity contribution in [2.24, 2.45) is 0 Å². The maximum absolute atomic E-state index is 13.5. The van der Waals surface area contributed by atoms with Crippen LogP contribution in [0.3, 0.4) is 0 Å². The minimum absolute atomic E-state index is 0.00405. The molecule has 1 aliphatic carbocycles. The average Bonchev–Trinajstić information content (AvgIpc) is 4.16. The van der Waals surface area contributed by atoms with E-state index in [-0.39, 0.29) is 22.6 Å². The molecule has 2 N–H and O–H groups in total. The van der Waals surface area contributed by atoms with E-state index in [9.17, 15) is 14.4 Å². The number of nitrogens with zero attached hydrogens (tertiary/aromatic N) is 3. The second kappa shape index (κ2) is 14.1. The number of H-pyrrole nitrogens is 2. The summed E-state index contributed by atoms with van der Waals surface area (Å²) < 4.78 is 6.67. The predicted octanol–water partition coefficient (Wildman–Crippen LogP) is 11.3. The first-order valence-electron chi connectivity index (χ1n) is 19.8. The lowest BCUT2D eigenvalue weighted by atomic mass is 9.95. The van der Waals surface area contributed by atoms with Crippen LogP contribution in [0, 0.1) is 0 Å². The molecule has 8 aromatic rings. The fourth-order valence-corrected chi connectivity index (χ4v) is 8.75. The third-order valence-electron chi connectivity index (χ3n) is 11.4. The highest BCUT2D eigenvalue weighted by atomic mass is 16.5. The van der Waals surface area contributed by atoms with E-state index in [0.717, 1.165) is 78.1 Å². The quantitative estimate of drug-likeness (QED) is 0.167. The number of fused-ring (bicyclic) bond motifs is 11. The van der Waals surface area contributed by atoms with Crippen molar-refractivity contribution in [3.8, 4) is 44.5 Å². The van der Waals surface area contributed by atoms with Crippen molar-refractivity contribution in [1.29, 1.82) is 0 Å². The molecule has 0 saturated heterocycles. The highest BCUT2D eigenvalue weighted by molar-refractivity contribution is 6.28. The summed E-state index contributed by atoms with van der Waals surface area (Å²) in [5, 5.41) is 0. The minimum Gasteiger partial charge on any atom is -0.464 e. The zero-order valence-electron chi connectivity index (χ0n) is 32.6. The second-order valence-corrected chi connectivity index (χ2v) is 14.9. The Labute approximate surface area is 348 Å². The van der Waals surface area contributed by atoms with Crippen LogP contribution in [0.1, 0.15) is 54.0 Å². The molecular weight excluding hydrogens is 759 g/mol. The van der Waals surface area contributed by atoms with Gasteiger partial charge in [0, 0.05) is 50.5 Å². The monoisotopic (exact) mass is 791 g/mol. The number of hydrogen-bond donors (Lipinski definition) is 2. The zero-order valence-corrected chi connectivity index (χ0v) is 32.6. The molecule has 7 heterocycles. The van der Waals surface area contributed by atoms with Gasteiger partial charge in [-0.2, -0.15) is 0 Å². The third kappa shape index (κ3) is 5.82. The summed E-state index contributed by atoms with van der Waals surface area (Å²) in [4.78, 5) is 58.2. The molecule has 0 fully saturated rings. The van der Waals surface area contributed by atoms with Crippen LogP contribution in [0.5, 0.6) is 0 Å². The van der Waals surface area contributed by atoms with E-state index in [1.54, 1.807) is 10.6 Å². The summed E-state index contributed by atoms with van der Waals surface area (Å²) in [6.07, 6.45) is 12.3. The van der Waals surface area contributed by atoms with Crippen molar-refractivity contribution in [3.05, 3.63) is 185 Å². The molecule has 2 aliphatic heterocycles. The van der Waals surface area contributed by atoms with E-state index in [1.807, 2.05) is 91.0 Å². The topological polar surface area (TPSA) is 122 Å². The molecule has 61 heavy (non-hydrogen) atoms. The molecule has 0 atom stereocenters. The molecule has 9 nitrogen and oxygen atoms in total. The first-order chi connectivity index (χ1) is 29.9. The molecule has 0 radical (unpaired) electrons. The smallest absolute Gasteiger partial charge is 0.355 e. The van der Waals surface area contributed by atoms with Gasteiger partial charge in [-0.1, -0.05) is 91.0 Å². The molecule has 0 amide bonds. The fourth-order valence-electron chi connectivity index (χ4n) is 8.75. The number of methoxy groups -OCH3 is 1. The predicted molar refractivity (Wildman–Crippen MR) is 241 cm³/mol. The summed E-state index contributed by atoms with van der Waals surface area (Å²) in [6, 6.07) is 42.6. The summed E-state index contributed by atoms with van der Waals surface area (Å²) in [6.45, 7) is 0. The third-order valence-corrected chi connectivity index (χ3v) is 11.4. The van der Waals surface area contributed by atoms with Gasteiger partial charge >= 0.3 is 5.97 Å². The Kier molecular flexibility index (Phi) is 8.28. The largest absolute Gasteiger partial charge is 0.464 e. The Morgan fingerprint density at radius 2 is 0.869 bits per heavy atom. The van der Waals surface area contributed by atoms with Crippen molar-refractivity contribution in [1.82, 2.24) is 24.3 Å². The molecular formula is C52H33N5O4. The first kappa shape index (κ1) is 35.7. The number of aromatic nitrogens is 5. The Bertz CT molecular complexity index is 3400. The number of benzene rings is 3. The van der Waals surface area contributed by atoms with Gasteiger partial charge < -0.3 is 19.1 Å². The lowest BCUT2D eigenvalue weighted by Crippen LogP contribution is -2.14. The molecule has 0 saturated carbocycles. The van der Waals surface area contributed by atoms with Crippen molar-refractivity contribution >= 4 is 69.4 Å². The van der Waals surface area contributed by atoms with E-state index in [4.69, 9.17) is 14.7 Å². The number of ether oxygens (including phenoxy) is 1. The first-order valence-corrected chi connectivity index (χ1v) is 19.8. The van der Waals surface area contributed by atoms with Crippen LogP contribution in [0.2, 0.25) is 0 Å². The van der Waals surface area contributed by atoms with Crippen LogP contribution in [-0.4, -0.2) is 49.0 Å². The molecule has 0 spiro atoms. The van der Waals surface area contributed by atoms with Crippen LogP contribution in [-0.2, 0) is 4.74 Å². The van der Waals surface area contributed by atoms with Gasteiger partial charge in [0.05, 0.1) is 46.5 Å². The van der Waals surface area contributed by atoms with Gasteiger partial charge in [-0.25, -0.2) is 14.8 Å². The second-order valence-electron chi connectivity index (χ2n) is 14.9. The fraction of sp³-hybridized carbons (Fsp3) is 0.0192. The number of pyridine rings is 1. The SMILES string of the molecule is COC(=O)c1c2c(c3cc(-c4c5nc(c(-c6ccccc6)c6ccc([nH]6)c(-c6ccccc6)c6nc(c(-c7ccccc7)c7ccc4[nH]7)C=C6)C=C5)ccn13)C(=O)C=CC2=O. The van der Waals surface area contributed by atoms with Gasteiger partial charge in [0.15, 0.2) is 11.6 Å². The Hall–Kier alpha value is -8.43. The molecule has 5 aromatic heterocycles. The number of carbonyl (C=O) groups excluding carboxylic acids is 3. The lowest BCUT2D eigenvalue weighted by molar-refractivity contribution is 0.0589. The van der Waals surface area contributed by atoms with Crippen molar-refractivity contribution in [2.75, 3.05) is 7.11 Å². The van der Waals surface area contributed by atoms with Crippen LogP contribution in [0.15, 0.2) is 146 Å². The number of rotatable bonds is 5. The standard InChI is InChI=1S/C52H33N5O4/c1-61-52(60)51-50-44(59)26-25-43(58)49(50)42-29-33(27-28-57(42)51)48-40-23-21-38(55-40)46(31-13-7-3-8-14-31)36-19-17-34(53-36)45(30-11-5-2-6-12-30)35-18-20-37(54-35)47(32-15-9-4-10-16-32)39-22-24-41(48)56-39/h2-29,53,56H,1H3. The minimum atomic E-state index is -0.715. The van der Waals surface area contributed by atoms with Crippen LogP contribution in [0.25, 0.3) is 96.4 Å². The Balaban J connectivity index is 1.29. The van der Waals surface area contributed by atoms with E-state index in [0.29, 0.717) is 16.8 Å². The van der Waals surface area contributed by atoms with Gasteiger partial charge in [-0.15, -0.1) is 0 Å². The summed E-state index contributed by atoms with van der Waals surface area (Å²) in [5.41, 5.74) is 14.2. The highest BCUT2D eigenvalue weighted by Crippen LogP contribution is 2.39. The summed E-state index contributed by atoms with van der Waals surface area (Å²) in [7, 11) is 1.26. The number of esters is 1. The molecule has 3 aliphatic rings. The van der Waals surface area contributed by atoms with E-state index >= 15 is 0 Å². The van der Waals surface area contributed by atoms with Crippen LogP contribution in [0.4, 0.5) is 0 Å². The molecule has 8 bridgehead atoms. The van der Waals surface area contributed by atoms with Gasteiger partial charge in [-0.05, 0) is 95.1 Å². The van der Waals surface area contributed by atoms with Crippen LogP contribution < -0.4 is 0 Å². The van der Waals surface area contributed by atoms with Gasteiger partial charge in [0.1, 0.15) is 5.69 Å². The lowest BCUT2D eigenvalue weighted by Gasteiger charge is -2.08. The van der Waals surface area contributed by atoms with Gasteiger partial charge in [0.2, 0.25) is 0 Å². The molecule has 11 rings (SSSR count). The van der Waals surface area contributed by atoms with Crippen LogP contribution >= 0.6 is 0 Å². The van der Waals surface area contributed by atoms with Crippen molar-refractivity contribution < 1.29 is 19.1 Å². The molecule has 290 valence electrons. The van der Waals surface area contributed by atoms with Crippen molar-refractivity contribution in [2.45, 2.75) is 0 Å². The number of allylic oxidation sites excluding steroid dienone is 2. The summed E-state index contributed by atoms with van der Waals surface area (Å²) in [5.74, 6) is -1.53. The number of nitrogens with one attached hydrogen (secondary N) is 2. The number of aromatic amines is 2. The average molecular weight is 792 g/mol. The number of carbonyl (C=O) groups is 3. The van der Waals surface area contributed by atoms with Gasteiger partial charge in [-0.3, -0.25) is 9.59 Å². The Morgan fingerprint density at radius 1 is 0.475 bits per heavy atom. The summed E-state index contributed by atoms with van der Waals surface area (Å²) >= 11 is 0. The normalized spacial score (nSPS) is 12.9. The molecule has 0 unspecified atom stereocenters. The van der Waals surface area contributed by atoms with E-state index in [2.05, 4.69) is 70.7 Å². The van der Waals surface area contributed by atoms with Gasteiger partial charge in [0.25, 0.3) is 0 Å².